The van der Waals surface area contributed by atoms with E-state index in [1.54, 1.807) is 0 Å². The summed E-state index contributed by atoms with van der Waals surface area (Å²) in [6.07, 6.45) is 0. The van der Waals surface area contributed by atoms with Gasteiger partial charge in [-0.3, -0.25) is 0 Å². The van der Waals surface area contributed by atoms with Crippen LogP contribution in [0.4, 0.5) is 11.4 Å². The molecule has 0 saturated heterocycles. The van der Waals surface area contributed by atoms with E-state index in [1.807, 2.05) is 0 Å². The van der Waals surface area contributed by atoms with Gasteiger partial charge in [-0.1, -0.05) is 170 Å². The van der Waals surface area contributed by atoms with Crippen LogP contribution in [-0.4, -0.2) is 11.4 Å². The van der Waals surface area contributed by atoms with E-state index >= 15 is 0 Å². The quantitative estimate of drug-likeness (QED) is 0.167. The van der Waals surface area contributed by atoms with Gasteiger partial charge in [-0.05, 0) is 80.2 Å². The van der Waals surface area contributed by atoms with Crippen molar-refractivity contribution in [3.8, 4) is 28.1 Å². The van der Waals surface area contributed by atoms with Crippen LogP contribution >= 0.6 is 0 Å². The van der Waals surface area contributed by atoms with E-state index in [0.717, 1.165) is 22.3 Å². The molecule has 0 saturated carbocycles. The van der Waals surface area contributed by atoms with E-state index in [0.29, 0.717) is 0 Å². The molecule has 0 unspecified atom stereocenters. The zero-order valence-electron chi connectivity index (χ0n) is 32.9. The SMILES string of the molecule is Cc1cc2c3c4c1c1c5ccccc5ccc1n4-c1cc4oc(-c5ccccc5)cc4cc1B3N1c3ccccc3C(c3ccccc3)(c3ccccc3)c3cccc-2c31. The summed E-state index contributed by atoms with van der Waals surface area (Å²) in [5.41, 5.74) is 19.2. The minimum absolute atomic E-state index is 0.111. The van der Waals surface area contributed by atoms with Crippen molar-refractivity contribution in [2.75, 3.05) is 4.81 Å². The van der Waals surface area contributed by atoms with E-state index < -0.39 is 5.41 Å². The van der Waals surface area contributed by atoms with Gasteiger partial charge in [0.15, 0.2) is 0 Å². The molecule has 11 aromatic rings. The molecule has 9 aromatic carbocycles. The highest BCUT2D eigenvalue weighted by molar-refractivity contribution is 6.94. The van der Waals surface area contributed by atoms with Gasteiger partial charge in [-0.15, -0.1) is 0 Å². The number of benzene rings is 9. The summed E-state index contributed by atoms with van der Waals surface area (Å²) in [6, 6.07) is 72.1. The molecule has 0 amide bonds. The Labute approximate surface area is 347 Å². The van der Waals surface area contributed by atoms with Crippen molar-refractivity contribution in [3.05, 3.63) is 222 Å². The molecule has 0 bridgehead atoms. The second kappa shape index (κ2) is 11.6. The highest BCUT2D eigenvalue weighted by Crippen LogP contribution is 2.60. The van der Waals surface area contributed by atoms with Gasteiger partial charge in [-0.25, -0.2) is 0 Å². The van der Waals surface area contributed by atoms with Gasteiger partial charge >= 0.3 is 6.85 Å². The number of hydrogen-bond donors (Lipinski definition) is 0. The molecule has 4 heteroatoms. The van der Waals surface area contributed by atoms with Gasteiger partial charge in [-0.2, -0.15) is 0 Å². The maximum absolute atomic E-state index is 6.79. The highest BCUT2D eigenvalue weighted by Gasteiger charge is 2.53. The third kappa shape index (κ3) is 3.92. The summed E-state index contributed by atoms with van der Waals surface area (Å²) in [6.45, 7) is 2.21. The Balaban J connectivity index is 1.18. The molecule has 60 heavy (non-hydrogen) atoms. The Morgan fingerprint density at radius 1 is 0.533 bits per heavy atom. The summed E-state index contributed by atoms with van der Waals surface area (Å²) in [5.74, 6) is 0.880. The van der Waals surface area contributed by atoms with Crippen LogP contribution in [0.2, 0.25) is 0 Å². The lowest BCUT2D eigenvalue weighted by atomic mass is 9.42. The van der Waals surface area contributed by atoms with Gasteiger partial charge in [0.1, 0.15) is 11.3 Å². The first-order valence-corrected chi connectivity index (χ1v) is 21.0. The fourth-order valence-electron chi connectivity index (χ4n) is 11.6. The average molecular weight is 763 g/mol. The van der Waals surface area contributed by atoms with Crippen LogP contribution in [0.3, 0.4) is 0 Å². The topological polar surface area (TPSA) is 21.3 Å². The first kappa shape index (κ1) is 32.4. The van der Waals surface area contributed by atoms with E-state index in [2.05, 4.69) is 210 Å². The van der Waals surface area contributed by atoms with Crippen molar-refractivity contribution in [2.45, 2.75) is 12.3 Å². The van der Waals surface area contributed by atoms with Crippen LogP contribution in [0.1, 0.15) is 27.8 Å². The minimum Gasteiger partial charge on any atom is -0.456 e. The molecule has 0 radical (unpaired) electrons. The van der Waals surface area contributed by atoms with Gasteiger partial charge < -0.3 is 13.8 Å². The number of aromatic nitrogens is 1. The Morgan fingerprint density at radius 2 is 1.23 bits per heavy atom. The summed E-state index contributed by atoms with van der Waals surface area (Å²) in [5, 5.41) is 6.28. The zero-order chi connectivity index (χ0) is 39.3. The lowest BCUT2D eigenvalue weighted by molar-refractivity contribution is 0.631. The fourth-order valence-corrected chi connectivity index (χ4v) is 11.6. The monoisotopic (exact) mass is 762 g/mol. The van der Waals surface area contributed by atoms with E-state index in [9.17, 15) is 0 Å². The van der Waals surface area contributed by atoms with Crippen molar-refractivity contribution in [2.24, 2.45) is 0 Å². The van der Waals surface area contributed by atoms with Crippen molar-refractivity contribution in [1.29, 1.82) is 0 Å². The molecule has 3 aliphatic rings. The zero-order valence-corrected chi connectivity index (χ0v) is 32.9. The van der Waals surface area contributed by atoms with Gasteiger partial charge in [0.05, 0.1) is 16.4 Å². The molecule has 0 aliphatic carbocycles. The van der Waals surface area contributed by atoms with Gasteiger partial charge in [0, 0.05) is 50.4 Å². The van der Waals surface area contributed by atoms with Crippen molar-refractivity contribution >= 4 is 72.7 Å². The van der Waals surface area contributed by atoms with E-state index in [1.165, 1.54) is 99.5 Å². The average Bonchev–Trinajstić information content (AvgIpc) is 3.90. The molecule has 0 spiro atoms. The number of hydrogen-bond acceptors (Lipinski definition) is 2. The number of aryl methyl sites for hydroxylation is 1. The van der Waals surface area contributed by atoms with Gasteiger partial charge in [0.25, 0.3) is 0 Å². The molecule has 3 nitrogen and oxygen atoms in total. The van der Waals surface area contributed by atoms with Crippen LogP contribution in [0.5, 0.6) is 0 Å². The predicted octanol–water partition coefficient (Wildman–Crippen LogP) is 12.6. The smallest absolute Gasteiger partial charge is 0.333 e. The number of furan rings is 1. The fraction of sp³-hybridized carbons (Fsp3) is 0.0357. The number of fused-ring (bicyclic) bond motifs is 13. The molecule has 278 valence electrons. The maximum Gasteiger partial charge on any atom is 0.333 e. The Hall–Kier alpha value is -7.56. The predicted molar refractivity (Wildman–Crippen MR) is 249 cm³/mol. The lowest BCUT2D eigenvalue weighted by Crippen LogP contribution is -2.62. The molecule has 0 N–H and O–H groups in total. The van der Waals surface area contributed by atoms with Crippen molar-refractivity contribution in [1.82, 2.24) is 4.57 Å². The van der Waals surface area contributed by atoms with Crippen molar-refractivity contribution in [3.63, 3.8) is 0 Å². The first-order valence-electron chi connectivity index (χ1n) is 21.0. The molecule has 5 heterocycles. The normalized spacial score (nSPS) is 14.2. The van der Waals surface area contributed by atoms with Gasteiger partial charge in [0.2, 0.25) is 0 Å². The number of anilines is 2. The Bertz CT molecular complexity index is 3580. The summed E-state index contributed by atoms with van der Waals surface area (Å²) in [4.78, 5) is 2.71. The van der Waals surface area contributed by atoms with Crippen LogP contribution in [0.25, 0.3) is 71.7 Å². The van der Waals surface area contributed by atoms with Crippen LogP contribution in [0, 0.1) is 6.92 Å². The summed E-state index contributed by atoms with van der Waals surface area (Å²) in [7, 11) is 0. The van der Waals surface area contributed by atoms with E-state index in [-0.39, 0.29) is 6.85 Å². The third-order valence-corrected chi connectivity index (χ3v) is 13.9. The maximum atomic E-state index is 6.79. The number of para-hydroxylation sites is 2. The number of nitrogens with zero attached hydrogens (tertiary/aromatic N) is 2. The highest BCUT2D eigenvalue weighted by atomic mass is 16.3. The molecule has 3 aliphatic heterocycles. The van der Waals surface area contributed by atoms with E-state index in [4.69, 9.17) is 4.42 Å². The first-order chi connectivity index (χ1) is 29.7. The molecule has 0 fully saturated rings. The summed E-state index contributed by atoms with van der Waals surface area (Å²) < 4.78 is 9.36. The molecule has 2 aromatic heterocycles. The third-order valence-electron chi connectivity index (χ3n) is 13.9. The van der Waals surface area contributed by atoms with Crippen LogP contribution in [0.15, 0.2) is 199 Å². The lowest BCUT2D eigenvalue weighted by Gasteiger charge is -2.51. The largest absolute Gasteiger partial charge is 0.456 e. The second-order valence-electron chi connectivity index (χ2n) is 16.8. The standard InChI is InChI=1S/C56H35BN2O/c1-34-30-42-41-24-15-26-44-54(41)59(46-27-14-13-25-43(46)56(44,38-19-7-3-8-20-38)39-21-9-4-10-22-39)57-45-31-37-32-49(36-17-5-2-6-18-36)60-50(37)33-48(45)58-47-29-28-35-16-11-12-23-40(35)52(47)51(34)55(58)53(42)57/h2-33H,1H3. The number of rotatable bonds is 3. The van der Waals surface area contributed by atoms with Crippen LogP contribution < -0.4 is 15.7 Å². The Kier molecular flexibility index (Phi) is 6.24. The molecular weight excluding hydrogens is 727 g/mol. The summed E-state index contributed by atoms with van der Waals surface area (Å²) >= 11 is 0. The Morgan fingerprint density at radius 3 is 2.03 bits per heavy atom. The minimum atomic E-state index is -0.554. The van der Waals surface area contributed by atoms with Crippen LogP contribution in [-0.2, 0) is 5.41 Å². The van der Waals surface area contributed by atoms with Crippen molar-refractivity contribution < 1.29 is 4.42 Å². The molecule has 14 rings (SSSR count). The second-order valence-corrected chi connectivity index (χ2v) is 16.8. The molecular formula is C56H35BN2O. The molecule has 0 atom stereocenters.